The Morgan fingerprint density at radius 2 is 1.21 bits per heavy atom. The van der Waals surface area contributed by atoms with E-state index in [9.17, 15) is 9.59 Å². The average molecular weight is 374 g/mol. The van der Waals surface area contributed by atoms with Crippen LogP contribution in [0.3, 0.4) is 0 Å². The van der Waals surface area contributed by atoms with Gasteiger partial charge >= 0.3 is 11.9 Å². The molecule has 0 saturated heterocycles. The third kappa shape index (κ3) is 4.12. The van der Waals surface area contributed by atoms with E-state index in [1.54, 1.807) is 12.1 Å². The van der Waals surface area contributed by atoms with Crippen LogP contribution in [0.15, 0.2) is 72.8 Å². The summed E-state index contributed by atoms with van der Waals surface area (Å²) in [5.74, 6) is -1.12. The van der Waals surface area contributed by atoms with Crippen molar-refractivity contribution in [2.45, 2.75) is 26.2 Å². The Kier molecular flexibility index (Phi) is 5.32. The minimum absolute atomic E-state index is 0.124. The Balaban J connectivity index is 1.74. The van der Waals surface area contributed by atoms with E-state index in [2.05, 4.69) is 45.0 Å². The summed E-state index contributed by atoms with van der Waals surface area (Å²) in [6.07, 6.45) is 0. The van der Waals surface area contributed by atoms with E-state index in [0.717, 1.165) is 5.56 Å². The van der Waals surface area contributed by atoms with Crippen LogP contribution in [0.5, 0.6) is 5.75 Å². The Bertz CT molecular complexity index is 982. The lowest BCUT2D eigenvalue weighted by atomic mass is 9.78. The maximum absolute atomic E-state index is 12.3. The summed E-state index contributed by atoms with van der Waals surface area (Å²) in [5, 5.41) is 8.92. The van der Waals surface area contributed by atoms with Crippen LogP contribution < -0.4 is 4.74 Å². The molecule has 3 aromatic rings. The molecule has 0 radical (unpaired) electrons. The van der Waals surface area contributed by atoms with E-state index < -0.39 is 11.9 Å². The molecule has 4 heteroatoms. The average Bonchev–Trinajstić information content (AvgIpc) is 2.69. The lowest BCUT2D eigenvalue weighted by Crippen LogP contribution is -2.18. The molecule has 3 rings (SSSR count). The molecule has 0 aromatic heterocycles. The topological polar surface area (TPSA) is 63.6 Å². The Morgan fingerprint density at radius 1 is 0.750 bits per heavy atom. The maximum Gasteiger partial charge on any atom is 0.343 e. The Morgan fingerprint density at radius 3 is 1.71 bits per heavy atom. The zero-order chi connectivity index (χ0) is 20.3. The summed E-state index contributed by atoms with van der Waals surface area (Å²) in [5.41, 5.74) is 3.79. The summed E-state index contributed by atoms with van der Waals surface area (Å²) in [7, 11) is 0. The van der Waals surface area contributed by atoms with E-state index in [0.29, 0.717) is 11.3 Å². The van der Waals surface area contributed by atoms with Crippen LogP contribution in [0.25, 0.3) is 0 Å². The predicted molar refractivity (Wildman–Crippen MR) is 108 cm³/mol. The first kappa shape index (κ1) is 19.4. The van der Waals surface area contributed by atoms with E-state index in [1.165, 1.54) is 35.4 Å². The smallest absolute Gasteiger partial charge is 0.343 e. The number of carbonyl (C=O) groups is 2. The predicted octanol–water partition coefficient (Wildman–Crippen LogP) is 5.24. The molecule has 0 amide bonds. The van der Waals surface area contributed by atoms with Crippen LogP contribution in [0, 0.1) is 6.92 Å². The van der Waals surface area contributed by atoms with Gasteiger partial charge in [-0.3, -0.25) is 0 Å². The summed E-state index contributed by atoms with van der Waals surface area (Å²) >= 11 is 0. The monoisotopic (exact) mass is 374 g/mol. The van der Waals surface area contributed by atoms with Gasteiger partial charge < -0.3 is 9.84 Å². The van der Waals surface area contributed by atoms with Gasteiger partial charge in [0.05, 0.1) is 11.1 Å². The van der Waals surface area contributed by atoms with Crippen LogP contribution in [-0.2, 0) is 5.41 Å². The van der Waals surface area contributed by atoms with Gasteiger partial charge in [-0.2, -0.15) is 0 Å². The SMILES string of the molecule is Cc1ccc(C(C)(C)c2ccc(OC(=O)c3ccc(C(=O)O)cc3)cc2)cc1. The molecular formula is C24H22O4. The van der Waals surface area contributed by atoms with Crippen LogP contribution >= 0.6 is 0 Å². The second kappa shape index (κ2) is 7.69. The summed E-state index contributed by atoms with van der Waals surface area (Å²) < 4.78 is 5.40. The van der Waals surface area contributed by atoms with Crippen molar-refractivity contribution in [3.63, 3.8) is 0 Å². The number of hydrogen-bond donors (Lipinski definition) is 1. The van der Waals surface area contributed by atoms with Gasteiger partial charge in [0, 0.05) is 5.41 Å². The minimum Gasteiger partial charge on any atom is -0.478 e. The molecule has 0 saturated carbocycles. The van der Waals surface area contributed by atoms with Gasteiger partial charge in [-0.15, -0.1) is 0 Å². The number of esters is 1. The molecule has 3 aromatic carbocycles. The molecule has 0 aliphatic rings. The molecule has 0 bridgehead atoms. The van der Waals surface area contributed by atoms with Gasteiger partial charge in [-0.1, -0.05) is 55.8 Å². The highest BCUT2D eigenvalue weighted by Crippen LogP contribution is 2.32. The van der Waals surface area contributed by atoms with Crippen molar-refractivity contribution in [2.24, 2.45) is 0 Å². The van der Waals surface area contributed by atoms with Crippen molar-refractivity contribution in [1.29, 1.82) is 0 Å². The van der Waals surface area contributed by atoms with Crippen LogP contribution in [0.4, 0.5) is 0 Å². The molecular weight excluding hydrogens is 352 g/mol. The maximum atomic E-state index is 12.3. The van der Waals surface area contributed by atoms with Crippen molar-refractivity contribution in [3.05, 3.63) is 101 Å². The van der Waals surface area contributed by atoms with Gasteiger partial charge in [0.25, 0.3) is 0 Å². The molecule has 1 N–H and O–H groups in total. The first-order valence-corrected chi connectivity index (χ1v) is 9.00. The zero-order valence-corrected chi connectivity index (χ0v) is 16.1. The quantitative estimate of drug-likeness (QED) is 0.490. The van der Waals surface area contributed by atoms with Crippen LogP contribution in [0.2, 0.25) is 0 Å². The van der Waals surface area contributed by atoms with E-state index in [1.807, 2.05) is 12.1 Å². The van der Waals surface area contributed by atoms with Crippen molar-refractivity contribution in [1.82, 2.24) is 0 Å². The molecule has 0 atom stereocenters. The third-order valence-electron chi connectivity index (χ3n) is 4.93. The van der Waals surface area contributed by atoms with Crippen molar-refractivity contribution in [2.75, 3.05) is 0 Å². The lowest BCUT2D eigenvalue weighted by Gasteiger charge is -2.26. The largest absolute Gasteiger partial charge is 0.478 e. The molecule has 0 unspecified atom stereocenters. The molecule has 0 spiro atoms. The molecule has 0 aliphatic carbocycles. The van der Waals surface area contributed by atoms with E-state index in [4.69, 9.17) is 9.84 Å². The third-order valence-corrected chi connectivity index (χ3v) is 4.93. The number of hydrogen-bond acceptors (Lipinski definition) is 3. The van der Waals surface area contributed by atoms with Gasteiger partial charge in [0.15, 0.2) is 0 Å². The van der Waals surface area contributed by atoms with Gasteiger partial charge in [0.2, 0.25) is 0 Å². The highest BCUT2D eigenvalue weighted by Gasteiger charge is 2.23. The zero-order valence-electron chi connectivity index (χ0n) is 16.1. The number of benzene rings is 3. The fourth-order valence-corrected chi connectivity index (χ4v) is 2.99. The van der Waals surface area contributed by atoms with Crippen molar-refractivity contribution in [3.8, 4) is 5.75 Å². The second-order valence-corrected chi connectivity index (χ2v) is 7.29. The second-order valence-electron chi connectivity index (χ2n) is 7.29. The van der Waals surface area contributed by atoms with E-state index >= 15 is 0 Å². The van der Waals surface area contributed by atoms with Crippen LogP contribution in [-0.4, -0.2) is 17.0 Å². The molecule has 142 valence electrons. The summed E-state index contributed by atoms with van der Waals surface area (Å²) in [4.78, 5) is 23.1. The number of carboxylic acid groups (broad SMARTS) is 1. The fraction of sp³-hybridized carbons (Fsp3) is 0.167. The van der Waals surface area contributed by atoms with Gasteiger partial charge in [0.1, 0.15) is 5.75 Å². The highest BCUT2D eigenvalue weighted by molar-refractivity contribution is 5.93. The first-order chi connectivity index (χ1) is 13.3. The first-order valence-electron chi connectivity index (χ1n) is 9.00. The van der Waals surface area contributed by atoms with Crippen molar-refractivity contribution >= 4 is 11.9 Å². The Labute approximate surface area is 164 Å². The number of rotatable bonds is 5. The highest BCUT2D eigenvalue weighted by atomic mass is 16.5. The van der Waals surface area contributed by atoms with E-state index in [-0.39, 0.29) is 11.0 Å². The molecule has 0 fully saturated rings. The van der Waals surface area contributed by atoms with Crippen molar-refractivity contribution < 1.29 is 19.4 Å². The molecule has 4 nitrogen and oxygen atoms in total. The number of carboxylic acids is 1. The summed E-state index contributed by atoms with van der Waals surface area (Å²) in [6.45, 7) is 6.38. The fourth-order valence-electron chi connectivity index (χ4n) is 2.99. The number of carbonyl (C=O) groups excluding carboxylic acids is 1. The van der Waals surface area contributed by atoms with Crippen LogP contribution in [0.1, 0.15) is 51.3 Å². The number of ether oxygens (including phenoxy) is 1. The standard InChI is InChI=1S/C24H22O4/c1-16-4-10-19(11-5-16)24(2,3)20-12-14-21(15-13-20)28-23(27)18-8-6-17(7-9-18)22(25)26/h4-15H,1-3H3,(H,25,26). The number of aromatic carboxylic acids is 1. The Hall–Kier alpha value is -3.40. The lowest BCUT2D eigenvalue weighted by molar-refractivity contribution is 0.0691. The molecule has 0 aliphatic heterocycles. The summed E-state index contributed by atoms with van der Waals surface area (Å²) in [6, 6.07) is 21.6. The normalized spacial score (nSPS) is 11.1. The van der Waals surface area contributed by atoms with Gasteiger partial charge in [-0.25, -0.2) is 9.59 Å². The van der Waals surface area contributed by atoms with Gasteiger partial charge in [-0.05, 0) is 54.4 Å². The minimum atomic E-state index is -1.04. The molecule has 28 heavy (non-hydrogen) atoms. The number of aryl methyl sites for hydroxylation is 1. The molecule has 0 heterocycles.